The van der Waals surface area contributed by atoms with Gasteiger partial charge in [-0.1, -0.05) is 6.07 Å². The molecule has 5 nitrogen and oxygen atoms in total. The number of amides is 2. The van der Waals surface area contributed by atoms with Crippen molar-refractivity contribution in [3.63, 3.8) is 0 Å². The largest absolute Gasteiger partial charge is 0.341 e. The minimum atomic E-state index is -0.0764. The third kappa shape index (κ3) is 3.15. The van der Waals surface area contributed by atoms with E-state index in [-0.39, 0.29) is 11.8 Å². The molecule has 2 rings (SSSR count). The van der Waals surface area contributed by atoms with Crippen molar-refractivity contribution in [2.24, 2.45) is 0 Å². The van der Waals surface area contributed by atoms with E-state index in [0.29, 0.717) is 37.3 Å². The smallest absolute Gasteiger partial charge is 0.253 e. The SMILES string of the molecule is CC(=O)N1CCCN(C(=O)c2cccc(C#N)c2)CC1. The molecule has 5 heteroatoms. The summed E-state index contributed by atoms with van der Waals surface area (Å²) in [7, 11) is 0. The van der Waals surface area contributed by atoms with Crippen LogP contribution >= 0.6 is 0 Å². The quantitative estimate of drug-likeness (QED) is 0.772. The molecule has 0 aromatic heterocycles. The van der Waals surface area contributed by atoms with Crippen molar-refractivity contribution >= 4 is 11.8 Å². The molecule has 0 unspecified atom stereocenters. The summed E-state index contributed by atoms with van der Waals surface area (Å²) < 4.78 is 0. The van der Waals surface area contributed by atoms with Crippen LogP contribution in [0.25, 0.3) is 0 Å². The molecule has 1 aliphatic rings. The van der Waals surface area contributed by atoms with Crippen molar-refractivity contribution in [2.75, 3.05) is 26.2 Å². The molecule has 0 bridgehead atoms. The van der Waals surface area contributed by atoms with E-state index in [1.165, 1.54) is 0 Å². The third-order valence-electron chi connectivity index (χ3n) is 3.47. The van der Waals surface area contributed by atoms with Gasteiger partial charge >= 0.3 is 0 Å². The van der Waals surface area contributed by atoms with Crippen LogP contribution in [0.1, 0.15) is 29.3 Å². The molecular weight excluding hydrogens is 254 g/mol. The van der Waals surface area contributed by atoms with Gasteiger partial charge in [0.05, 0.1) is 11.6 Å². The number of benzene rings is 1. The molecule has 0 N–H and O–H groups in total. The van der Waals surface area contributed by atoms with Crippen molar-refractivity contribution in [3.8, 4) is 6.07 Å². The van der Waals surface area contributed by atoms with Gasteiger partial charge < -0.3 is 9.80 Å². The van der Waals surface area contributed by atoms with E-state index >= 15 is 0 Å². The molecule has 1 aromatic rings. The summed E-state index contributed by atoms with van der Waals surface area (Å²) in [6.45, 7) is 3.98. The lowest BCUT2D eigenvalue weighted by molar-refractivity contribution is -0.128. The fourth-order valence-corrected chi connectivity index (χ4v) is 2.34. The monoisotopic (exact) mass is 271 g/mol. The Morgan fingerprint density at radius 3 is 2.55 bits per heavy atom. The summed E-state index contributed by atoms with van der Waals surface area (Å²) in [5.74, 6) is -0.0294. The predicted molar refractivity (Wildman–Crippen MR) is 73.9 cm³/mol. The Bertz CT molecular complexity index is 562. The molecular formula is C15H17N3O2. The van der Waals surface area contributed by atoms with Crippen LogP contribution in [0.15, 0.2) is 24.3 Å². The van der Waals surface area contributed by atoms with Crippen LogP contribution in [-0.4, -0.2) is 47.8 Å². The first-order valence-electron chi connectivity index (χ1n) is 6.67. The van der Waals surface area contributed by atoms with Crippen molar-refractivity contribution < 1.29 is 9.59 Å². The standard InChI is InChI=1S/C15H17N3O2/c1-12(19)17-6-3-7-18(9-8-17)15(20)14-5-2-4-13(10-14)11-16/h2,4-5,10H,3,6-9H2,1H3. The maximum atomic E-state index is 12.4. The van der Waals surface area contributed by atoms with Crippen molar-refractivity contribution in [2.45, 2.75) is 13.3 Å². The zero-order valence-electron chi connectivity index (χ0n) is 11.5. The van der Waals surface area contributed by atoms with Crippen LogP contribution in [-0.2, 0) is 4.79 Å². The van der Waals surface area contributed by atoms with Crippen LogP contribution in [0.3, 0.4) is 0 Å². The molecule has 1 aromatic carbocycles. The summed E-state index contributed by atoms with van der Waals surface area (Å²) in [4.78, 5) is 27.3. The van der Waals surface area contributed by atoms with Crippen LogP contribution in [0.4, 0.5) is 0 Å². The minimum absolute atomic E-state index is 0.0470. The molecule has 1 saturated heterocycles. The molecule has 0 aliphatic carbocycles. The number of nitriles is 1. The number of carbonyl (C=O) groups excluding carboxylic acids is 2. The fourth-order valence-electron chi connectivity index (χ4n) is 2.34. The Kier molecular flexibility index (Phi) is 4.36. The lowest BCUT2D eigenvalue weighted by atomic mass is 10.1. The van der Waals surface area contributed by atoms with Gasteiger partial charge in [-0.3, -0.25) is 9.59 Å². The van der Waals surface area contributed by atoms with E-state index in [9.17, 15) is 9.59 Å². The molecule has 20 heavy (non-hydrogen) atoms. The maximum Gasteiger partial charge on any atom is 0.253 e. The maximum absolute atomic E-state index is 12.4. The Hall–Kier alpha value is -2.35. The summed E-state index contributed by atoms with van der Waals surface area (Å²) in [6, 6.07) is 8.75. The van der Waals surface area contributed by atoms with Gasteiger partial charge in [-0.2, -0.15) is 5.26 Å². The molecule has 0 atom stereocenters. The Morgan fingerprint density at radius 1 is 1.15 bits per heavy atom. The second-order valence-corrected chi connectivity index (χ2v) is 4.84. The van der Waals surface area contributed by atoms with Gasteiger partial charge in [-0.05, 0) is 24.6 Å². The van der Waals surface area contributed by atoms with Gasteiger partial charge in [0.15, 0.2) is 0 Å². The summed E-state index contributed by atoms with van der Waals surface area (Å²) in [5.41, 5.74) is 1.01. The van der Waals surface area contributed by atoms with Gasteiger partial charge in [-0.25, -0.2) is 0 Å². The first-order valence-corrected chi connectivity index (χ1v) is 6.67. The fraction of sp³-hybridized carbons (Fsp3) is 0.400. The van der Waals surface area contributed by atoms with Crippen molar-refractivity contribution in [3.05, 3.63) is 35.4 Å². The zero-order chi connectivity index (χ0) is 14.5. The third-order valence-corrected chi connectivity index (χ3v) is 3.47. The average molecular weight is 271 g/mol. The number of rotatable bonds is 1. The summed E-state index contributed by atoms with van der Waals surface area (Å²) >= 11 is 0. The van der Waals surface area contributed by atoms with Crippen molar-refractivity contribution in [1.29, 1.82) is 5.26 Å². The molecule has 1 heterocycles. The Balaban J connectivity index is 2.09. The van der Waals surface area contributed by atoms with E-state index in [2.05, 4.69) is 0 Å². The van der Waals surface area contributed by atoms with E-state index < -0.39 is 0 Å². The predicted octanol–water partition coefficient (Wildman–Crippen LogP) is 1.25. The van der Waals surface area contributed by atoms with Gasteiger partial charge in [-0.15, -0.1) is 0 Å². The minimum Gasteiger partial charge on any atom is -0.341 e. The van der Waals surface area contributed by atoms with Gasteiger partial charge in [0.25, 0.3) is 5.91 Å². The average Bonchev–Trinajstić information content (AvgIpc) is 2.72. The highest BCUT2D eigenvalue weighted by Crippen LogP contribution is 2.11. The first-order chi connectivity index (χ1) is 9.61. The first kappa shape index (κ1) is 14.1. The summed E-state index contributed by atoms with van der Waals surface area (Å²) in [5, 5.41) is 8.88. The normalized spacial score (nSPS) is 15.4. The number of nitrogens with zero attached hydrogens (tertiary/aromatic N) is 3. The number of hydrogen-bond donors (Lipinski definition) is 0. The molecule has 0 radical (unpaired) electrons. The van der Waals surface area contributed by atoms with E-state index in [1.54, 1.807) is 41.0 Å². The Morgan fingerprint density at radius 2 is 1.85 bits per heavy atom. The summed E-state index contributed by atoms with van der Waals surface area (Å²) in [6.07, 6.45) is 0.781. The Labute approximate surface area is 118 Å². The topological polar surface area (TPSA) is 64.4 Å². The second kappa shape index (κ2) is 6.20. The molecule has 2 amide bonds. The van der Waals surface area contributed by atoms with E-state index in [1.807, 2.05) is 6.07 Å². The molecule has 104 valence electrons. The number of carbonyl (C=O) groups is 2. The molecule has 0 spiro atoms. The van der Waals surface area contributed by atoms with Crippen LogP contribution in [0.2, 0.25) is 0 Å². The highest BCUT2D eigenvalue weighted by atomic mass is 16.2. The molecule has 1 aliphatic heterocycles. The molecule has 1 fully saturated rings. The van der Waals surface area contributed by atoms with E-state index in [4.69, 9.17) is 5.26 Å². The highest BCUT2D eigenvalue weighted by molar-refractivity contribution is 5.94. The van der Waals surface area contributed by atoms with E-state index in [0.717, 1.165) is 6.42 Å². The zero-order valence-corrected chi connectivity index (χ0v) is 11.5. The van der Waals surface area contributed by atoms with Crippen LogP contribution in [0.5, 0.6) is 0 Å². The van der Waals surface area contributed by atoms with Crippen LogP contribution < -0.4 is 0 Å². The van der Waals surface area contributed by atoms with Gasteiger partial charge in [0.1, 0.15) is 0 Å². The molecule has 0 saturated carbocycles. The van der Waals surface area contributed by atoms with Crippen LogP contribution in [0, 0.1) is 11.3 Å². The van der Waals surface area contributed by atoms with Gasteiger partial charge in [0, 0.05) is 38.7 Å². The highest BCUT2D eigenvalue weighted by Gasteiger charge is 2.21. The van der Waals surface area contributed by atoms with Gasteiger partial charge in [0.2, 0.25) is 5.91 Å². The lowest BCUT2D eigenvalue weighted by Crippen LogP contribution is -2.36. The lowest BCUT2D eigenvalue weighted by Gasteiger charge is -2.21. The van der Waals surface area contributed by atoms with Crippen molar-refractivity contribution in [1.82, 2.24) is 9.80 Å². The second-order valence-electron chi connectivity index (χ2n) is 4.84. The number of hydrogen-bond acceptors (Lipinski definition) is 3.